The smallest absolute Gasteiger partial charge is 0.433 e. The van der Waals surface area contributed by atoms with Crippen LogP contribution in [0, 0.1) is 0 Å². The summed E-state index contributed by atoms with van der Waals surface area (Å²) in [5, 5.41) is 10.5. The minimum Gasteiger partial charge on any atom is -0.494 e. The molecule has 6 rings (SSSR count). The Labute approximate surface area is 255 Å². The molecule has 2 fully saturated rings. The van der Waals surface area contributed by atoms with Crippen LogP contribution in [0.25, 0.3) is 10.9 Å². The van der Waals surface area contributed by atoms with Crippen molar-refractivity contribution in [3.8, 4) is 5.75 Å². The van der Waals surface area contributed by atoms with Gasteiger partial charge in [0.05, 0.1) is 29.9 Å². The molecule has 1 aromatic carbocycles. The molecule has 2 aliphatic rings. The summed E-state index contributed by atoms with van der Waals surface area (Å²) in [4.78, 5) is 47.9. The first-order valence-corrected chi connectivity index (χ1v) is 14.3. The van der Waals surface area contributed by atoms with E-state index in [2.05, 4.69) is 25.5 Å². The van der Waals surface area contributed by atoms with Gasteiger partial charge < -0.3 is 10.1 Å². The van der Waals surface area contributed by atoms with Crippen molar-refractivity contribution in [3.63, 3.8) is 0 Å². The molecule has 234 valence electrons. The highest BCUT2D eigenvalue weighted by molar-refractivity contribution is 6.06. The third-order valence-electron chi connectivity index (χ3n) is 7.89. The number of imide groups is 1. The zero-order valence-electron chi connectivity index (χ0n) is 24.2. The normalized spacial score (nSPS) is 16.6. The number of alkyl halides is 3. The largest absolute Gasteiger partial charge is 0.494 e. The van der Waals surface area contributed by atoms with Gasteiger partial charge in [-0.3, -0.25) is 34.4 Å². The molecule has 5 heterocycles. The summed E-state index contributed by atoms with van der Waals surface area (Å²) in [7, 11) is 1.46. The summed E-state index contributed by atoms with van der Waals surface area (Å²) >= 11 is 0. The lowest BCUT2D eigenvalue weighted by Crippen LogP contribution is -2.49. The van der Waals surface area contributed by atoms with Crippen molar-refractivity contribution in [2.45, 2.75) is 38.0 Å². The Morgan fingerprint density at radius 1 is 1.09 bits per heavy atom. The standard InChI is InChI=1S/C30H29F3N8O4/c1-45-24-14-22-20(13-23(24)36-28(43)19-2-3-25(35-15-19)30(31,32)33)17-41(38-22)21-5-9-39(10-6-21)16-18-4-8-34-26(12-18)40-11-7-27(42)37-29(40)44/h2-4,8,12-15,17,21H,5-7,9-11,16H2,1H3,(H,36,43)(H,37,42,44). The summed E-state index contributed by atoms with van der Waals surface area (Å²) in [5.74, 6) is -0.0378. The van der Waals surface area contributed by atoms with Crippen molar-refractivity contribution in [1.82, 2.24) is 30.0 Å². The van der Waals surface area contributed by atoms with E-state index in [1.807, 2.05) is 23.0 Å². The maximum Gasteiger partial charge on any atom is 0.433 e. The van der Waals surface area contributed by atoms with Crippen molar-refractivity contribution in [2.24, 2.45) is 0 Å². The van der Waals surface area contributed by atoms with E-state index in [1.165, 1.54) is 12.0 Å². The van der Waals surface area contributed by atoms with E-state index in [4.69, 9.17) is 9.84 Å². The van der Waals surface area contributed by atoms with Crippen LogP contribution in [0.2, 0.25) is 0 Å². The molecule has 0 bridgehead atoms. The quantitative estimate of drug-likeness (QED) is 0.310. The molecule has 12 nitrogen and oxygen atoms in total. The summed E-state index contributed by atoms with van der Waals surface area (Å²) in [6.45, 7) is 2.62. The Bertz CT molecular complexity index is 1750. The Morgan fingerprint density at radius 3 is 2.58 bits per heavy atom. The predicted octanol–water partition coefficient (Wildman–Crippen LogP) is 4.39. The van der Waals surface area contributed by atoms with Gasteiger partial charge in [0.1, 0.15) is 17.3 Å². The van der Waals surface area contributed by atoms with Crippen LogP contribution in [0.4, 0.5) is 29.5 Å². The molecule has 4 aromatic rings. The van der Waals surface area contributed by atoms with E-state index in [0.29, 0.717) is 35.9 Å². The van der Waals surface area contributed by atoms with Crippen LogP contribution in [-0.4, -0.2) is 69.2 Å². The first kappa shape index (κ1) is 30.0. The predicted molar refractivity (Wildman–Crippen MR) is 157 cm³/mol. The van der Waals surface area contributed by atoms with Gasteiger partial charge in [0, 0.05) is 62.6 Å². The lowest BCUT2D eigenvalue weighted by Gasteiger charge is -2.32. The van der Waals surface area contributed by atoms with Gasteiger partial charge in [0.15, 0.2) is 0 Å². The zero-order chi connectivity index (χ0) is 31.7. The van der Waals surface area contributed by atoms with Gasteiger partial charge in [-0.1, -0.05) is 0 Å². The van der Waals surface area contributed by atoms with Gasteiger partial charge in [-0.15, -0.1) is 0 Å². The van der Waals surface area contributed by atoms with Gasteiger partial charge in [-0.2, -0.15) is 18.3 Å². The fraction of sp³-hybridized carbons (Fsp3) is 0.333. The Kier molecular flexibility index (Phi) is 8.10. The second-order valence-corrected chi connectivity index (χ2v) is 10.9. The van der Waals surface area contributed by atoms with Gasteiger partial charge in [0.25, 0.3) is 5.91 Å². The number of nitrogens with zero attached hydrogens (tertiary/aromatic N) is 6. The Morgan fingerprint density at radius 2 is 1.89 bits per heavy atom. The van der Waals surface area contributed by atoms with Crippen LogP contribution < -0.4 is 20.3 Å². The number of fused-ring (bicyclic) bond motifs is 1. The molecule has 0 saturated carbocycles. The Balaban J connectivity index is 1.09. The number of piperidine rings is 1. The molecule has 0 unspecified atom stereocenters. The molecule has 0 radical (unpaired) electrons. The van der Waals surface area contributed by atoms with Crippen molar-refractivity contribution < 1.29 is 32.3 Å². The van der Waals surface area contributed by atoms with E-state index >= 15 is 0 Å². The number of ether oxygens (including phenoxy) is 1. The topological polar surface area (TPSA) is 135 Å². The zero-order valence-corrected chi connectivity index (χ0v) is 24.2. The van der Waals surface area contributed by atoms with Gasteiger partial charge in [-0.25, -0.2) is 9.78 Å². The molecular formula is C30H29F3N8O4. The molecule has 0 atom stereocenters. The number of carbonyl (C=O) groups excluding carboxylic acids is 3. The fourth-order valence-electron chi connectivity index (χ4n) is 5.51. The number of rotatable bonds is 7. The number of benzene rings is 1. The molecule has 0 spiro atoms. The number of pyridine rings is 2. The van der Waals surface area contributed by atoms with Crippen molar-refractivity contribution >= 4 is 40.3 Å². The molecule has 2 saturated heterocycles. The number of anilines is 2. The summed E-state index contributed by atoms with van der Waals surface area (Å²) in [5.41, 5.74) is 0.947. The minimum absolute atomic E-state index is 0.0240. The maximum atomic E-state index is 12.8. The number of likely N-dealkylation sites (tertiary alicyclic amines) is 1. The van der Waals surface area contributed by atoms with Gasteiger partial charge in [-0.05, 0) is 48.7 Å². The monoisotopic (exact) mass is 622 g/mol. The highest BCUT2D eigenvalue weighted by Gasteiger charge is 2.32. The average molecular weight is 623 g/mol. The van der Waals surface area contributed by atoms with E-state index in [1.54, 1.807) is 18.3 Å². The van der Waals surface area contributed by atoms with Crippen molar-refractivity contribution in [3.05, 3.63) is 71.8 Å². The summed E-state index contributed by atoms with van der Waals surface area (Å²) in [6.07, 6.45) is 1.81. The first-order valence-electron chi connectivity index (χ1n) is 14.3. The summed E-state index contributed by atoms with van der Waals surface area (Å²) < 4.78 is 45.9. The van der Waals surface area contributed by atoms with E-state index in [-0.39, 0.29) is 23.9 Å². The maximum absolute atomic E-state index is 12.8. The number of urea groups is 1. The number of aromatic nitrogens is 4. The third-order valence-corrected chi connectivity index (χ3v) is 7.89. The van der Waals surface area contributed by atoms with Crippen LogP contribution in [0.15, 0.2) is 55.0 Å². The molecule has 0 aliphatic carbocycles. The highest BCUT2D eigenvalue weighted by atomic mass is 19.4. The van der Waals surface area contributed by atoms with Gasteiger partial charge >= 0.3 is 12.2 Å². The highest BCUT2D eigenvalue weighted by Crippen LogP contribution is 2.33. The molecule has 2 N–H and O–H groups in total. The second kappa shape index (κ2) is 12.1. The number of halogens is 3. The van der Waals surface area contributed by atoms with E-state index < -0.39 is 23.8 Å². The number of nitrogens with one attached hydrogen (secondary N) is 2. The minimum atomic E-state index is -4.60. The van der Waals surface area contributed by atoms with E-state index in [9.17, 15) is 27.6 Å². The number of amides is 4. The SMILES string of the molecule is COc1cc2nn(C3CCN(Cc4ccnc(N5CCC(=O)NC5=O)c4)CC3)cc2cc1NC(=O)c1ccc(C(F)(F)F)nc1. The molecule has 3 aromatic heterocycles. The molecule has 2 aliphatic heterocycles. The number of hydrogen-bond acceptors (Lipinski definition) is 8. The molecule has 15 heteroatoms. The lowest BCUT2D eigenvalue weighted by atomic mass is 10.0. The second-order valence-electron chi connectivity index (χ2n) is 10.9. The Hall–Kier alpha value is -5.05. The molecule has 4 amide bonds. The first-order chi connectivity index (χ1) is 21.6. The molecular weight excluding hydrogens is 593 g/mol. The van der Waals surface area contributed by atoms with Crippen LogP contribution in [-0.2, 0) is 17.5 Å². The van der Waals surface area contributed by atoms with E-state index in [0.717, 1.165) is 55.2 Å². The lowest BCUT2D eigenvalue weighted by molar-refractivity contribution is -0.141. The van der Waals surface area contributed by atoms with Crippen LogP contribution >= 0.6 is 0 Å². The van der Waals surface area contributed by atoms with Gasteiger partial charge in [0.2, 0.25) is 5.91 Å². The van der Waals surface area contributed by atoms with Crippen LogP contribution in [0.1, 0.15) is 46.9 Å². The average Bonchev–Trinajstić information content (AvgIpc) is 3.43. The summed E-state index contributed by atoms with van der Waals surface area (Å²) in [6, 6.07) is 8.75. The van der Waals surface area contributed by atoms with Crippen molar-refractivity contribution in [1.29, 1.82) is 0 Å². The third kappa shape index (κ3) is 6.57. The molecule has 45 heavy (non-hydrogen) atoms. The van der Waals surface area contributed by atoms with Crippen molar-refractivity contribution in [2.75, 3.05) is 37.0 Å². The number of hydrogen-bond donors (Lipinski definition) is 2. The van der Waals surface area contributed by atoms with Crippen LogP contribution in [0.3, 0.4) is 0 Å². The fourth-order valence-corrected chi connectivity index (χ4v) is 5.51. The number of carbonyl (C=O) groups is 3. The number of methoxy groups -OCH3 is 1. The van der Waals surface area contributed by atoms with Crippen LogP contribution in [0.5, 0.6) is 5.75 Å².